The fourth-order valence-electron chi connectivity index (χ4n) is 2.32. The van der Waals surface area contributed by atoms with Crippen LogP contribution in [-0.2, 0) is 27.3 Å². The van der Waals surface area contributed by atoms with E-state index < -0.39 is 6.04 Å². The van der Waals surface area contributed by atoms with Crippen molar-refractivity contribution >= 4 is 17.7 Å². The molecule has 0 bridgehead atoms. The summed E-state index contributed by atoms with van der Waals surface area (Å²) in [5.41, 5.74) is 6.68. The van der Waals surface area contributed by atoms with E-state index in [4.69, 9.17) is 0 Å². The van der Waals surface area contributed by atoms with Gasteiger partial charge in [0.25, 0.3) is 5.91 Å². The zero-order valence-corrected chi connectivity index (χ0v) is 11.5. The molecule has 1 atom stereocenters. The van der Waals surface area contributed by atoms with Gasteiger partial charge in [-0.2, -0.15) is 0 Å². The summed E-state index contributed by atoms with van der Waals surface area (Å²) in [6.07, 6.45) is 0.446. The fourth-order valence-corrected chi connectivity index (χ4v) is 2.32. The number of amides is 3. The maximum atomic E-state index is 12.1. The molecule has 0 unspecified atom stereocenters. The number of benzene rings is 1. The van der Waals surface area contributed by atoms with E-state index in [0.29, 0.717) is 13.0 Å². The van der Waals surface area contributed by atoms with Gasteiger partial charge < -0.3 is 4.90 Å². The highest BCUT2D eigenvalue weighted by atomic mass is 16.2. The van der Waals surface area contributed by atoms with Crippen molar-refractivity contribution in [3.63, 3.8) is 0 Å². The summed E-state index contributed by atoms with van der Waals surface area (Å²) < 4.78 is 0. The van der Waals surface area contributed by atoms with Crippen LogP contribution < -0.4 is 10.9 Å². The molecule has 1 aliphatic rings. The van der Waals surface area contributed by atoms with E-state index in [0.717, 1.165) is 11.1 Å². The molecule has 0 fully saturated rings. The fraction of sp³-hybridized carbons (Fsp3) is 0.357. The van der Waals surface area contributed by atoms with Gasteiger partial charge in [-0.25, -0.2) is 0 Å². The molecule has 1 heterocycles. The molecule has 2 N–H and O–H groups in total. The molecule has 0 saturated carbocycles. The van der Waals surface area contributed by atoms with E-state index in [2.05, 4.69) is 10.9 Å². The Morgan fingerprint density at radius 2 is 1.75 bits per heavy atom. The van der Waals surface area contributed by atoms with Gasteiger partial charge in [0.1, 0.15) is 6.04 Å². The van der Waals surface area contributed by atoms with Crippen LogP contribution in [0.2, 0.25) is 0 Å². The van der Waals surface area contributed by atoms with E-state index in [1.54, 1.807) is 0 Å². The molecule has 1 aromatic rings. The second-order valence-corrected chi connectivity index (χ2v) is 4.81. The topological polar surface area (TPSA) is 78.5 Å². The van der Waals surface area contributed by atoms with Crippen molar-refractivity contribution in [1.82, 2.24) is 15.8 Å². The first-order valence-corrected chi connectivity index (χ1v) is 6.39. The highest BCUT2D eigenvalue weighted by molar-refractivity contribution is 5.89. The van der Waals surface area contributed by atoms with E-state index in [9.17, 15) is 14.4 Å². The SMILES string of the molecule is CC(=O)NNC(=O)[C@@H]1Cc2ccccc2CN1C(C)=O. The number of carbonyl (C=O) groups is 3. The largest absolute Gasteiger partial charge is 0.326 e. The first kappa shape index (κ1) is 14.0. The van der Waals surface area contributed by atoms with Gasteiger partial charge in [0.15, 0.2) is 0 Å². The molecule has 1 aromatic carbocycles. The summed E-state index contributed by atoms with van der Waals surface area (Å²) in [7, 11) is 0. The lowest BCUT2D eigenvalue weighted by Crippen LogP contribution is -2.55. The Kier molecular flexibility index (Phi) is 4.02. The zero-order chi connectivity index (χ0) is 14.7. The molecule has 0 aliphatic carbocycles. The van der Waals surface area contributed by atoms with Crippen LogP contribution in [0.3, 0.4) is 0 Å². The van der Waals surface area contributed by atoms with Gasteiger partial charge in [0, 0.05) is 26.8 Å². The van der Waals surface area contributed by atoms with Gasteiger partial charge >= 0.3 is 0 Å². The summed E-state index contributed by atoms with van der Waals surface area (Å²) in [5, 5.41) is 0. The maximum absolute atomic E-state index is 12.1. The summed E-state index contributed by atoms with van der Waals surface area (Å²) >= 11 is 0. The number of hydrazine groups is 1. The Balaban J connectivity index is 2.20. The molecule has 106 valence electrons. The highest BCUT2D eigenvalue weighted by Gasteiger charge is 2.32. The van der Waals surface area contributed by atoms with Crippen LogP contribution in [-0.4, -0.2) is 28.7 Å². The number of rotatable bonds is 1. The van der Waals surface area contributed by atoms with Gasteiger partial charge in [0.05, 0.1) is 0 Å². The molecule has 6 nitrogen and oxygen atoms in total. The van der Waals surface area contributed by atoms with E-state index in [-0.39, 0.29) is 17.7 Å². The molecule has 1 aliphatic heterocycles. The van der Waals surface area contributed by atoms with E-state index >= 15 is 0 Å². The number of nitrogens with one attached hydrogen (secondary N) is 2. The van der Waals surface area contributed by atoms with Gasteiger partial charge in [-0.15, -0.1) is 0 Å². The third kappa shape index (κ3) is 2.96. The van der Waals surface area contributed by atoms with Crippen molar-refractivity contribution in [3.05, 3.63) is 35.4 Å². The Labute approximate surface area is 117 Å². The quantitative estimate of drug-likeness (QED) is 0.715. The molecule has 0 spiro atoms. The van der Waals surface area contributed by atoms with Crippen molar-refractivity contribution < 1.29 is 14.4 Å². The zero-order valence-electron chi connectivity index (χ0n) is 11.5. The first-order chi connectivity index (χ1) is 9.49. The molecule has 20 heavy (non-hydrogen) atoms. The van der Waals surface area contributed by atoms with Crippen LogP contribution in [0.5, 0.6) is 0 Å². The molecular weight excluding hydrogens is 258 g/mol. The van der Waals surface area contributed by atoms with Gasteiger partial charge in [0.2, 0.25) is 11.8 Å². The predicted octanol–water partition coefficient (Wildman–Crippen LogP) is 0.127. The van der Waals surface area contributed by atoms with Crippen molar-refractivity contribution in [1.29, 1.82) is 0 Å². The molecule has 2 rings (SSSR count). The monoisotopic (exact) mass is 275 g/mol. The number of nitrogens with zero attached hydrogens (tertiary/aromatic N) is 1. The number of fused-ring (bicyclic) bond motifs is 1. The first-order valence-electron chi connectivity index (χ1n) is 6.39. The maximum Gasteiger partial charge on any atom is 0.261 e. The number of carbonyl (C=O) groups excluding carboxylic acids is 3. The summed E-state index contributed by atoms with van der Waals surface area (Å²) in [6, 6.07) is 7.12. The average molecular weight is 275 g/mol. The van der Waals surface area contributed by atoms with Gasteiger partial charge in [-0.1, -0.05) is 24.3 Å². The Morgan fingerprint density at radius 3 is 2.35 bits per heavy atom. The van der Waals surface area contributed by atoms with Crippen LogP contribution in [0.1, 0.15) is 25.0 Å². The lowest BCUT2D eigenvalue weighted by Gasteiger charge is -2.35. The Bertz CT molecular complexity index is 556. The van der Waals surface area contributed by atoms with Crippen LogP contribution in [0.15, 0.2) is 24.3 Å². The minimum absolute atomic E-state index is 0.164. The third-order valence-electron chi connectivity index (χ3n) is 3.32. The Hall–Kier alpha value is -2.37. The summed E-state index contributed by atoms with van der Waals surface area (Å²) in [4.78, 5) is 36.2. The third-order valence-corrected chi connectivity index (χ3v) is 3.32. The van der Waals surface area contributed by atoms with Crippen molar-refractivity contribution in [3.8, 4) is 0 Å². The number of hydrogen-bond donors (Lipinski definition) is 2. The predicted molar refractivity (Wildman–Crippen MR) is 72.1 cm³/mol. The van der Waals surface area contributed by atoms with Crippen molar-refractivity contribution in [2.45, 2.75) is 32.9 Å². The van der Waals surface area contributed by atoms with Crippen LogP contribution in [0, 0.1) is 0 Å². The second kappa shape index (κ2) is 5.73. The van der Waals surface area contributed by atoms with Gasteiger partial charge in [-0.05, 0) is 11.1 Å². The van der Waals surface area contributed by atoms with Crippen molar-refractivity contribution in [2.24, 2.45) is 0 Å². The molecule has 0 aromatic heterocycles. The minimum Gasteiger partial charge on any atom is -0.326 e. The molecule has 3 amide bonds. The van der Waals surface area contributed by atoms with Crippen LogP contribution in [0.25, 0.3) is 0 Å². The highest BCUT2D eigenvalue weighted by Crippen LogP contribution is 2.23. The summed E-state index contributed by atoms with van der Waals surface area (Å²) in [5.74, 6) is -0.906. The lowest BCUT2D eigenvalue weighted by molar-refractivity contribution is -0.141. The average Bonchev–Trinajstić information content (AvgIpc) is 2.43. The summed E-state index contributed by atoms with van der Waals surface area (Å²) in [6.45, 7) is 3.15. The van der Waals surface area contributed by atoms with E-state index in [1.807, 2.05) is 24.3 Å². The van der Waals surface area contributed by atoms with Crippen LogP contribution >= 0.6 is 0 Å². The molecular formula is C14H17N3O3. The smallest absolute Gasteiger partial charge is 0.261 e. The molecule has 0 radical (unpaired) electrons. The second-order valence-electron chi connectivity index (χ2n) is 4.81. The van der Waals surface area contributed by atoms with E-state index in [1.165, 1.54) is 18.7 Å². The minimum atomic E-state index is -0.603. The normalized spacial score (nSPS) is 17.1. The lowest BCUT2D eigenvalue weighted by atomic mass is 9.93. The van der Waals surface area contributed by atoms with Crippen molar-refractivity contribution in [2.75, 3.05) is 0 Å². The Morgan fingerprint density at radius 1 is 1.10 bits per heavy atom. The molecule has 6 heteroatoms. The molecule has 0 saturated heterocycles. The number of hydrogen-bond acceptors (Lipinski definition) is 3. The van der Waals surface area contributed by atoms with Gasteiger partial charge in [-0.3, -0.25) is 25.2 Å². The van der Waals surface area contributed by atoms with Crippen LogP contribution in [0.4, 0.5) is 0 Å². The standard InChI is InChI=1S/C14H17N3O3/c1-9(18)15-16-14(20)13-7-11-5-3-4-6-12(11)8-17(13)10(2)19/h3-6,13H,7-8H2,1-2H3,(H,15,18)(H,16,20)/t13-/m0/s1.